The lowest BCUT2D eigenvalue weighted by atomic mass is 9.93. The molecule has 1 aromatic rings. The summed E-state index contributed by atoms with van der Waals surface area (Å²) in [5, 5.41) is 11.7. The van der Waals surface area contributed by atoms with E-state index in [1.165, 1.54) is 12.8 Å². The molecule has 94 valence electrons. The molecule has 2 unspecified atom stereocenters. The standard InChI is InChI=1S/C13H22N4/c1-10-6-7-17(11(2)8-10)13-5-4-12(9-14-3)15-16-13/h4-5,10-11,14H,6-9H2,1-3H3. The van der Waals surface area contributed by atoms with Gasteiger partial charge in [-0.15, -0.1) is 5.10 Å². The molecule has 2 rings (SSSR count). The molecule has 1 saturated heterocycles. The summed E-state index contributed by atoms with van der Waals surface area (Å²) in [5.74, 6) is 1.85. The average Bonchev–Trinajstić information content (AvgIpc) is 2.31. The zero-order chi connectivity index (χ0) is 12.3. The number of aromatic nitrogens is 2. The van der Waals surface area contributed by atoms with E-state index in [2.05, 4.69) is 46.4 Å². The monoisotopic (exact) mass is 234 g/mol. The lowest BCUT2D eigenvalue weighted by Gasteiger charge is -2.37. The van der Waals surface area contributed by atoms with Gasteiger partial charge >= 0.3 is 0 Å². The molecule has 1 aromatic heterocycles. The summed E-state index contributed by atoms with van der Waals surface area (Å²) in [5.41, 5.74) is 0.995. The maximum atomic E-state index is 4.33. The molecule has 0 saturated carbocycles. The van der Waals surface area contributed by atoms with Gasteiger partial charge in [0.1, 0.15) is 0 Å². The van der Waals surface area contributed by atoms with Crippen LogP contribution >= 0.6 is 0 Å². The first-order chi connectivity index (χ1) is 8.20. The molecular weight excluding hydrogens is 212 g/mol. The van der Waals surface area contributed by atoms with Crippen molar-refractivity contribution in [2.45, 2.75) is 39.3 Å². The highest BCUT2D eigenvalue weighted by molar-refractivity contribution is 5.39. The van der Waals surface area contributed by atoms with Crippen LogP contribution in [-0.2, 0) is 6.54 Å². The van der Waals surface area contributed by atoms with E-state index in [9.17, 15) is 0 Å². The van der Waals surface area contributed by atoms with Crippen molar-refractivity contribution < 1.29 is 0 Å². The molecule has 0 aromatic carbocycles. The Labute approximate surface area is 103 Å². The van der Waals surface area contributed by atoms with Crippen LogP contribution in [0.1, 0.15) is 32.4 Å². The Balaban J connectivity index is 2.06. The zero-order valence-corrected chi connectivity index (χ0v) is 11.0. The number of anilines is 1. The third-order valence-corrected chi connectivity index (χ3v) is 3.50. The van der Waals surface area contributed by atoms with Gasteiger partial charge in [0, 0.05) is 19.1 Å². The second-order valence-electron chi connectivity index (χ2n) is 5.09. The van der Waals surface area contributed by atoms with E-state index < -0.39 is 0 Å². The van der Waals surface area contributed by atoms with E-state index in [0.717, 1.165) is 30.5 Å². The van der Waals surface area contributed by atoms with Crippen molar-refractivity contribution in [3.63, 3.8) is 0 Å². The van der Waals surface area contributed by atoms with Crippen LogP contribution in [0, 0.1) is 5.92 Å². The molecule has 0 radical (unpaired) electrons. The molecule has 0 bridgehead atoms. The van der Waals surface area contributed by atoms with Gasteiger partial charge in [-0.05, 0) is 44.9 Å². The summed E-state index contributed by atoms with van der Waals surface area (Å²) >= 11 is 0. The number of rotatable bonds is 3. The van der Waals surface area contributed by atoms with Crippen LogP contribution in [0.5, 0.6) is 0 Å². The predicted octanol–water partition coefficient (Wildman–Crippen LogP) is 1.82. The first kappa shape index (κ1) is 12.3. The van der Waals surface area contributed by atoms with Gasteiger partial charge < -0.3 is 10.2 Å². The highest BCUT2D eigenvalue weighted by atomic mass is 15.3. The number of piperidine rings is 1. The minimum Gasteiger partial charge on any atom is -0.352 e. The third-order valence-electron chi connectivity index (χ3n) is 3.50. The second-order valence-corrected chi connectivity index (χ2v) is 5.09. The Kier molecular flexibility index (Phi) is 3.94. The molecule has 17 heavy (non-hydrogen) atoms. The highest BCUT2D eigenvalue weighted by Crippen LogP contribution is 2.25. The van der Waals surface area contributed by atoms with Crippen LogP contribution in [0.15, 0.2) is 12.1 Å². The van der Waals surface area contributed by atoms with E-state index >= 15 is 0 Å². The Morgan fingerprint density at radius 3 is 2.76 bits per heavy atom. The van der Waals surface area contributed by atoms with Gasteiger partial charge in [-0.1, -0.05) is 6.92 Å². The van der Waals surface area contributed by atoms with Crippen molar-refractivity contribution in [1.82, 2.24) is 15.5 Å². The molecule has 4 nitrogen and oxygen atoms in total. The summed E-state index contributed by atoms with van der Waals surface area (Å²) in [6.45, 7) is 6.48. The summed E-state index contributed by atoms with van der Waals surface area (Å²) in [4.78, 5) is 2.37. The SMILES string of the molecule is CNCc1ccc(N2CCC(C)CC2C)nn1. The number of nitrogens with zero attached hydrogens (tertiary/aromatic N) is 3. The fourth-order valence-corrected chi connectivity index (χ4v) is 2.53. The van der Waals surface area contributed by atoms with Crippen LogP contribution in [0.3, 0.4) is 0 Å². The summed E-state index contributed by atoms with van der Waals surface area (Å²) in [6, 6.07) is 4.72. The molecule has 0 amide bonds. The number of hydrogen-bond donors (Lipinski definition) is 1. The maximum absolute atomic E-state index is 4.33. The molecule has 2 heterocycles. The van der Waals surface area contributed by atoms with Crippen LogP contribution < -0.4 is 10.2 Å². The molecule has 0 spiro atoms. The van der Waals surface area contributed by atoms with Gasteiger partial charge in [0.25, 0.3) is 0 Å². The summed E-state index contributed by atoms with van der Waals surface area (Å²) < 4.78 is 0. The minimum atomic E-state index is 0.572. The van der Waals surface area contributed by atoms with Gasteiger partial charge in [-0.3, -0.25) is 0 Å². The quantitative estimate of drug-likeness (QED) is 0.866. The third kappa shape index (κ3) is 2.94. The Morgan fingerprint density at radius 1 is 1.35 bits per heavy atom. The predicted molar refractivity (Wildman–Crippen MR) is 70.0 cm³/mol. The van der Waals surface area contributed by atoms with Crippen molar-refractivity contribution in [1.29, 1.82) is 0 Å². The fraction of sp³-hybridized carbons (Fsp3) is 0.692. The summed E-state index contributed by atoms with van der Waals surface area (Å²) in [7, 11) is 1.92. The van der Waals surface area contributed by atoms with Crippen molar-refractivity contribution in [3.8, 4) is 0 Å². The van der Waals surface area contributed by atoms with E-state index in [0.29, 0.717) is 6.04 Å². The Hall–Kier alpha value is -1.16. The largest absolute Gasteiger partial charge is 0.352 e. The van der Waals surface area contributed by atoms with Crippen molar-refractivity contribution in [2.75, 3.05) is 18.5 Å². The molecule has 1 N–H and O–H groups in total. The molecule has 1 aliphatic heterocycles. The van der Waals surface area contributed by atoms with Gasteiger partial charge in [0.2, 0.25) is 0 Å². The Bertz CT molecular complexity index is 349. The number of hydrogen-bond acceptors (Lipinski definition) is 4. The molecule has 2 atom stereocenters. The molecule has 0 aliphatic carbocycles. The summed E-state index contributed by atoms with van der Waals surface area (Å²) in [6.07, 6.45) is 2.50. The average molecular weight is 234 g/mol. The van der Waals surface area contributed by atoms with Gasteiger partial charge in [-0.2, -0.15) is 5.10 Å². The first-order valence-corrected chi connectivity index (χ1v) is 6.44. The smallest absolute Gasteiger partial charge is 0.151 e. The zero-order valence-electron chi connectivity index (χ0n) is 11.0. The Morgan fingerprint density at radius 2 is 2.18 bits per heavy atom. The molecule has 1 aliphatic rings. The molecule has 4 heteroatoms. The van der Waals surface area contributed by atoms with Crippen LogP contribution in [-0.4, -0.2) is 29.8 Å². The lowest BCUT2D eigenvalue weighted by Crippen LogP contribution is -2.40. The van der Waals surface area contributed by atoms with Gasteiger partial charge in [-0.25, -0.2) is 0 Å². The van der Waals surface area contributed by atoms with E-state index in [4.69, 9.17) is 0 Å². The van der Waals surface area contributed by atoms with Gasteiger partial charge in [0.15, 0.2) is 5.82 Å². The molecular formula is C13H22N4. The van der Waals surface area contributed by atoms with Crippen LogP contribution in [0.2, 0.25) is 0 Å². The first-order valence-electron chi connectivity index (χ1n) is 6.44. The van der Waals surface area contributed by atoms with Crippen molar-refractivity contribution in [3.05, 3.63) is 17.8 Å². The maximum Gasteiger partial charge on any atom is 0.151 e. The normalized spacial score (nSPS) is 25.0. The van der Waals surface area contributed by atoms with E-state index in [1.54, 1.807) is 0 Å². The minimum absolute atomic E-state index is 0.572. The van der Waals surface area contributed by atoms with Crippen molar-refractivity contribution in [2.24, 2.45) is 5.92 Å². The lowest BCUT2D eigenvalue weighted by molar-refractivity contribution is 0.375. The van der Waals surface area contributed by atoms with Gasteiger partial charge in [0.05, 0.1) is 5.69 Å². The van der Waals surface area contributed by atoms with E-state index in [-0.39, 0.29) is 0 Å². The molecule has 1 fully saturated rings. The second kappa shape index (κ2) is 5.45. The van der Waals surface area contributed by atoms with Crippen LogP contribution in [0.25, 0.3) is 0 Å². The van der Waals surface area contributed by atoms with Crippen molar-refractivity contribution >= 4 is 5.82 Å². The highest BCUT2D eigenvalue weighted by Gasteiger charge is 2.23. The van der Waals surface area contributed by atoms with Crippen LogP contribution in [0.4, 0.5) is 5.82 Å². The fourth-order valence-electron chi connectivity index (χ4n) is 2.53. The van der Waals surface area contributed by atoms with E-state index in [1.807, 2.05) is 7.05 Å². The number of nitrogens with one attached hydrogen (secondary N) is 1. The topological polar surface area (TPSA) is 41.0 Å².